The number of nitrogens with zero attached hydrogens (tertiary/aromatic N) is 4. The molecule has 2 aliphatic carbocycles. The Morgan fingerprint density at radius 3 is 1.59 bits per heavy atom. The van der Waals surface area contributed by atoms with Gasteiger partial charge in [-0.3, -0.25) is 9.59 Å². The van der Waals surface area contributed by atoms with E-state index in [2.05, 4.69) is 45.9 Å². The molecule has 8 rings (SSSR count). The first-order valence-corrected chi connectivity index (χ1v) is 19.3. The smallest absolute Gasteiger partial charge is 0.407 e. The highest BCUT2D eigenvalue weighted by molar-refractivity contribution is 5.87. The summed E-state index contributed by atoms with van der Waals surface area (Å²) in [6, 6.07) is 15.8. The van der Waals surface area contributed by atoms with Gasteiger partial charge in [-0.1, -0.05) is 70.7 Å². The van der Waals surface area contributed by atoms with E-state index in [0.29, 0.717) is 23.8 Å². The summed E-state index contributed by atoms with van der Waals surface area (Å²) in [5.74, 6) is 9.61. The molecule has 4 aromatic rings. The van der Waals surface area contributed by atoms with Gasteiger partial charge in [0.05, 0.1) is 30.6 Å². The average Bonchev–Trinajstić information content (AvgIpc) is 3.76. The van der Waals surface area contributed by atoms with Gasteiger partial charge in [-0.2, -0.15) is 0 Å². The molecule has 4 heterocycles. The second kappa shape index (κ2) is 14.1. The van der Waals surface area contributed by atoms with Crippen molar-refractivity contribution in [2.75, 3.05) is 7.11 Å². The van der Waals surface area contributed by atoms with Gasteiger partial charge < -0.3 is 29.8 Å². The van der Waals surface area contributed by atoms with Crippen LogP contribution in [0.25, 0.3) is 22.5 Å². The minimum Gasteiger partial charge on any atom is -0.453 e. The first-order chi connectivity index (χ1) is 26.0. The van der Waals surface area contributed by atoms with Gasteiger partial charge in [0.25, 0.3) is 0 Å². The van der Waals surface area contributed by atoms with Crippen LogP contribution in [0.2, 0.25) is 0 Å². The Morgan fingerprint density at radius 2 is 1.17 bits per heavy atom. The third-order valence-electron chi connectivity index (χ3n) is 12.0. The van der Waals surface area contributed by atoms with Crippen molar-refractivity contribution < 1.29 is 19.1 Å². The van der Waals surface area contributed by atoms with Crippen LogP contribution in [0.15, 0.2) is 60.9 Å². The maximum atomic E-state index is 13.7. The maximum Gasteiger partial charge on any atom is 0.407 e. The zero-order valence-corrected chi connectivity index (χ0v) is 31.8. The highest BCUT2D eigenvalue weighted by Crippen LogP contribution is 2.54. The van der Waals surface area contributed by atoms with Crippen molar-refractivity contribution in [1.82, 2.24) is 35.1 Å². The van der Waals surface area contributed by atoms with Gasteiger partial charge in [-0.25, -0.2) is 14.8 Å². The van der Waals surface area contributed by atoms with Crippen LogP contribution in [0.4, 0.5) is 4.79 Å². The van der Waals surface area contributed by atoms with Crippen LogP contribution >= 0.6 is 0 Å². The van der Waals surface area contributed by atoms with Crippen LogP contribution in [0, 0.1) is 41.4 Å². The van der Waals surface area contributed by atoms with E-state index >= 15 is 0 Å². The zero-order chi connectivity index (χ0) is 37.8. The first-order valence-electron chi connectivity index (χ1n) is 19.3. The van der Waals surface area contributed by atoms with Crippen molar-refractivity contribution in [3.05, 3.63) is 83.7 Å². The summed E-state index contributed by atoms with van der Waals surface area (Å²) in [5, 5.41) is 2.73. The number of fused-ring (bicyclic) bond motifs is 2. The van der Waals surface area contributed by atoms with Crippen LogP contribution in [0.3, 0.4) is 0 Å². The van der Waals surface area contributed by atoms with Crippen molar-refractivity contribution in [1.29, 1.82) is 0 Å². The van der Waals surface area contributed by atoms with Gasteiger partial charge >= 0.3 is 6.09 Å². The number of piperidine rings is 2. The Bertz CT molecular complexity index is 2110. The maximum absolute atomic E-state index is 13.7. The third kappa shape index (κ3) is 6.78. The molecule has 2 saturated carbocycles. The molecule has 280 valence electrons. The molecule has 2 saturated heterocycles. The quantitative estimate of drug-likeness (QED) is 0.161. The average molecular weight is 728 g/mol. The number of carbonyl (C=O) groups is 3. The number of rotatable bonds is 9. The minimum absolute atomic E-state index is 0.000697. The normalized spacial score (nSPS) is 24.7. The highest BCUT2D eigenvalue weighted by Gasteiger charge is 2.57. The fourth-order valence-electron chi connectivity index (χ4n) is 8.32. The monoisotopic (exact) mass is 727 g/mol. The highest BCUT2D eigenvalue weighted by atomic mass is 16.5. The summed E-state index contributed by atoms with van der Waals surface area (Å²) in [6.07, 6.45) is 7.15. The molecule has 0 radical (unpaired) electrons. The van der Waals surface area contributed by atoms with E-state index < -0.39 is 12.1 Å². The second-order valence-corrected chi connectivity index (χ2v) is 16.3. The van der Waals surface area contributed by atoms with Gasteiger partial charge in [-0.05, 0) is 73.6 Å². The molecule has 4 fully saturated rings. The van der Waals surface area contributed by atoms with E-state index in [1.165, 1.54) is 7.11 Å². The molecule has 3 amide bonds. The Hall–Kier alpha value is -5.37. The van der Waals surface area contributed by atoms with Crippen molar-refractivity contribution in [2.45, 2.75) is 90.5 Å². The van der Waals surface area contributed by atoms with Gasteiger partial charge in [0.15, 0.2) is 0 Å². The van der Waals surface area contributed by atoms with Crippen molar-refractivity contribution in [3.8, 4) is 34.4 Å². The second-order valence-electron chi connectivity index (χ2n) is 16.3. The van der Waals surface area contributed by atoms with Gasteiger partial charge in [0.1, 0.15) is 17.7 Å². The number of likely N-dealkylation sites (tertiary alicyclic amines) is 2. The zero-order valence-electron chi connectivity index (χ0n) is 31.8. The van der Waals surface area contributed by atoms with Crippen LogP contribution in [-0.4, -0.2) is 72.9 Å². The number of hydrogen-bond acceptors (Lipinski definition) is 6. The molecule has 2 aromatic carbocycles. The van der Waals surface area contributed by atoms with E-state index in [1.54, 1.807) is 0 Å². The van der Waals surface area contributed by atoms with Crippen LogP contribution < -0.4 is 5.32 Å². The minimum atomic E-state index is -0.666. The number of H-pyrrole nitrogens is 2. The molecule has 4 aliphatic rings. The van der Waals surface area contributed by atoms with E-state index in [1.807, 2.05) is 86.6 Å². The summed E-state index contributed by atoms with van der Waals surface area (Å²) in [7, 11) is 1.30. The van der Waals surface area contributed by atoms with Crippen molar-refractivity contribution in [3.63, 3.8) is 0 Å². The van der Waals surface area contributed by atoms with Gasteiger partial charge in [0, 0.05) is 52.6 Å². The van der Waals surface area contributed by atoms with E-state index in [4.69, 9.17) is 14.7 Å². The lowest BCUT2D eigenvalue weighted by Gasteiger charge is -2.31. The van der Waals surface area contributed by atoms with Crippen molar-refractivity contribution >= 4 is 17.9 Å². The fraction of sp³-hybridized carbons (Fsp3) is 0.465. The lowest BCUT2D eigenvalue weighted by molar-refractivity contribution is -0.138. The van der Waals surface area contributed by atoms with Crippen LogP contribution in [-0.2, 0) is 14.3 Å². The SMILES string of the molecule is COC(=O)N[C@H](C(=O)N1[C@@H]2C[C@@H]2C[C@H]1c1nc(-c2ccc(C#Cc3ccc(-c4c[nH]c([C@@H]5C[C@H]6C[C@H]6N5C(=O)[C@@H](C)C(C)C)n4)cc3)cc2)c[nH]1)C(C)C. The third-order valence-corrected chi connectivity index (χ3v) is 12.0. The topological polar surface area (TPSA) is 136 Å². The number of methoxy groups -OCH3 is 1. The summed E-state index contributed by atoms with van der Waals surface area (Å²) in [6.45, 7) is 10.1. The molecule has 8 atom stereocenters. The molecule has 3 N–H and O–H groups in total. The number of alkyl carbamates (subject to hydrolysis) is 1. The summed E-state index contributed by atoms with van der Waals surface area (Å²) >= 11 is 0. The number of carbonyl (C=O) groups excluding carboxylic acids is 3. The molecule has 2 aliphatic heterocycles. The van der Waals surface area contributed by atoms with E-state index in [0.717, 1.165) is 71.0 Å². The number of benzene rings is 2. The number of aromatic amines is 2. The van der Waals surface area contributed by atoms with Crippen LogP contribution in [0.5, 0.6) is 0 Å². The lowest BCUT2D eigenvalue weighted by atomic mass is 9.96. The Morgan fingerprint density at radius 1 is 0.704 bits per heavy atom. The number of amides is 3. The Kier molecular flexibility index (Phi) is 9.32. The Labute approximate surface area is 316 Å². The molecular formula is C43H49N7O4. The Balaban J connectivity index is 0.907. The predicted molar refractivity (Wildman–Crippen MR) is 204 cm³/mol. The van der Waals surface area contributed by atoms with Crippen LogP contribution in [0.1, 0.15) is 95.2 Å². The number of ether oxygens (including phenoxy) is 1. The summed E-state index contributed by atoms with van der Waals surface area (Å²) in [5.41, 5.74) is 5.42. The predicted octanol–water partition coefficient (Wildman–Crippen LogP) is 6.86. The van der Waals surface area contributed by atoms with Gasteiger partial charge in [0.2, 0.25) is 11.8 Å². The van der Waals surface area contributed by atoms with E-state index in [-0.39, 0.29) is 41.8 Å². The van der Waals surface area contributed by atoms with Crippen molar-refractivity contribution in [2.24, 2.45) is 29.6 Å². The number of nitrogens with one attached hydrogen (secondary N) is 3. The van der Waals surface area contributed by atoms with Gasteiger partial charge in [-0.15, -0.1) is 0 Å². The number of imidazole rings is 2. The molecule has 0 bridgehead atoms. The summed E-state index contributed by atoms with van der Waals surface area (Å²) in [4.78, 5) is 59.7. The first kappa shape index (κ1) is 35.6. The molecule has 0 spiro atoms. The molecule has 11 nitrogen and oxygen atoms in total. The molecule has 0 unspecified atom stereocenters. The summed E-state index contributed by atoms with van der Waals surface area (Å²) < 4.78 is 4.79. The number of aromatic nitrogens is 4. The fourth-order valence-corrected chi connectivity index (χ4v) is 8.32. The lowest BCUT2D eigenvalue weighted by Crippen LogP contribution is -2.52. The molecule has 54 heavy (non-hydrogen) atoms. The molecular weight excluding hydrogens is 679 g/mol. The molecule has 11 heteroatoms. The molecule has 2 aromatic heterocycles. The standard InChI is InChI=1S/C43H49N7O4/c1-23(2)25(5)41(51)49-34-17-30(34)19-36(49)39-44-21-32(46-39)28-13-9-26(10-14-28)7-8-27-11-15-29(16-12-27)33-22-45-40(47-33)37-20-31-18-35(31)50(37)42(52)38(24(3)4)48-43(53)54-6/h9-16,21-25,30-31,34-38H,17-20H2,1-6H3,(H,44,46)(H,45,47)(H,48,53)/t25-,30+,31+,34+,35+,36-,37-,38-/m0/s1. The number of hydrogen-bond donors (Lipinski definition) is 3. The largest absolute Gasteiger partial charge is 0.453 e. The van der Waals surface area contributed by atoms with E-state index in [9.17, 15) is 14.4 Å².